The Hall–Kier alpha value is -3.41. The van der Waals surface area contributed by atoms with Gasteiger partial charge in [-0.15, -0.1) is 0 Å². The molecule has 3 aromatic rings. The van der Waals surface area contributed by atoms with Crippen molar-refractivity contribution in [3.8, 4) is 0 Å². The minimum atomic E-state index is -0.294. The number of carbonyl (C=O) groups is 2. The van der Waals surface area contributed by atoms with Gasteiger partial charge in [-0.3, -0.25) is 14.6 Å². The van der Waals surface area contributed by atoms with Crippen molar-refractivity contribution in [2.45, 2.75) is 13.5 Å². The highest BCUT2D eigenvalue weighted by molar-refractivity contribution is 5.95. The van der Waals surface area contributed by atoms with Gasteiger partial charge in [0.05, 0.1) is 12.8 Å². The van der Waals surface area contributed by atoms with Gasteiger partial charge in [0.15, 0.2) is 5.78 Å². The van der Waals surface area contributed by atoms with Gasteiger partial charge in [0.25, 0.3) is 5.91 Å². The van der Waals surface area contributed by atoms with Crippen LogP contribution in [0, 0.1) is 0 Å². The lowest BCUT2D eigenvalue weighted by Crippen LogP contribution is -2.23. The first kappa shape index (κ1) is 16.4. The molecule has 0 aliphatic heterocycles. The molecular formula is C19H17N3O3. The van der Waals surface area contributed by atoms with E-state index >= 15 is 0 Å². The molecule has 25 heavy (non-hydrogen) atoms. The van der Waals surface area contributed by atoms with Gasteiger partial charge in [-0.05, 0) is 43.3 Å². The average Bonchev–Trinajstić information content (AvgIpc) is 3.13. The number of amides is 1. The zero-order valence-electron chi connectivity index (χ0n) is 13.7. The van der Waals surface area contributed by atoms with Crippen molar-refractivity contribution in [3.05, 3.63) is 78.0 Å². The maximum Gasteiger partial charge on any atom is 0.270 e. The summed E-state index contributed by atoms with van der Waals surface area (Å²) in [5.41, 5.74) is 2.38. The molecule has 0 unspecified atom stereocenters. The number of anilines is 2. The number of carbonyl (C=O) groups excluding carboxylic acids is 2. The van der Waals surface area contributed by atoms with E-state index in [1.165, 1.54) is 6.92 Å². The summed E-state index contributed by atoms with van der Waals surface area (Å²) >= 11 is 0. The summed E-state index contributed by atoms with van der Waals surface area (Å²) in [7, 11) is 0. The van der Waals surface area contributed by atoms with Gasteiger partial charge >= 0.3 is 0 Å². The Balaban J connectivity index is 1.69. The van der Waals surface area contributed by atoms with Gasteiger partial charge in [-0.1, -0.05) is 12.1 Å². The summed E-state index contributed by atoms with van der Waals surface area (Å²) < 4.78 is 5.18. The van der Waals surface area contributed by atoms with Gasteiger partial charge in [0.1, 0.15) is 11.5 Å². The van der Waals surface area contributed by atoms with Crippen LogP contribution in [0.1, 0.15) is 33.5 Å². The fourth-order valence-electron chi connectivity index (χ4n) is 2.29. The second kappa shape index (κ2) is 7.44. The van der Waals surface area contributed by atoms with Crippen LogP contribution in [0.2, 0.25) is 0 Å². The molecule has 0 bridgehead atoms. The second-order valence-electron chi connectivity index (χ2n) is 5.45. The highest BCUT2D eigenvalue weighted by Gasteiger charge is 2.09. The van der Waals surface area contributed by atoms with Gasteiger partial charge in [0.2, 0.25) is 0 Å². The van der Waals surface area contributed by atoms with E-state index in [9.17, 15) is 9.59 Å². The molecule has 0 saturated carbocycles. The number of nitrogens with zero attached hydrogens (tertiary/aromatic N) is 1. The number of hydrogen-bond donors (Lipinski definition) is 2. The number of ketones is 1. The maximum atomic E-state index is 12.2. The molecule has 126 valence electrons. The molecule has 2 aromatic heterocycles. The van der Waals surface area contributed by atoms with Crippen LogP contribution in [0.3, 0.4) is 0 Å². The number of benzene rings is 1. The van der Waals surface area contributed by atoms with Crippen LogP contribution in [0.4, 0.5) is 11.4 Å². The minimum absolute atomic E-state index is 0.00336. The first-order valence-electron chi connectivity index (χ1n) is 7.76. The summed E-state index contributed by atoms with van der Waals surface area (Å²) in [4.78, 5) is 27.8. The van der Waals surface area contributed by atoms with Crippen LogP contribution in [0.5, 0.6) is 0 Å². The molecule has 6 heteroatoms. The van der Waals surface area contributed by atoms with Gasteiger partial charge in [-0.25, -0.2) is 0 Å². The minimum Gasteiger partial charge on any atom is -0.467 e. The van der Waals surface area contributed by atoms with Crippen molar-refractivity contribution in [2.24, 2.45) is 0 Å². The fraction of sp³-hybridized carbons (Fsp3) is 0.105. The Labute approximate surface area is 144 Å². The SMILES string of the molecule is CC(=O)c1cccc(Nc2ccnc(C(=O)NCc3ccco3)c2)c1. The van der Waals surface area contributed by atoms with Crippen LogP contribution in [0.15, 0.2) is 65.4 Å². The quantitative estimate of drug-likeness (QED) is 0.673. The van der Waals surface area contributed by atoms with Crippen LogP contribution in [0.25, 0.3) is 0 Å². The molecule has 1 amide bonds. The molecular weight excluding hydrogens is 318 g/mol. The highest BCUT2D eigenvalue weighted by atomic mass is 16.3. The molecule has 6 nitrogen and oxygen atoms in total. The largest absolute Gasteiger partial charge is 0.467 e. The van der Waals surface area contributed by atoms with E-state index in [0.29, 0.717) is 29.2 Å². The molecule has 2 N–H and O–H groups in total. The summed E-state index contributed by atoms with van der Waals surface area (Å²) in [6, 6.07) is 14.1. The highest BCUT2D eigenvalue weighted by Crippen LogP contribution is 2.18. The third-order valence-corrected chi connectivity index (χ3v) is 3.55. The normalized spacial score (nSPS) is 10.3. The van der Waals surface area contributed by atoms with Gasteiger partial charge < -0.3 is 15.1 Å². The van der Waals surface area contributed by atoms with E-state index in [1.807, 2.05) is 6.07 Å². The molecule has 0 aliphatic carbocycles. The van der Waals surface area contributed by atoms with Crippen molar-refractivity contribution in [1.82, 2.24) is 10.3 Å². The molecule has 3 rings (SSSR count). The average molecular weight is 335 g/mol. The summed E-state index contributed by atoms with van der Waals surface area (Å²) in [6.07, 6.45) is 3.11. The molecule has 2 heterocycles. The monoisotopic (exact) mass is 335 g/mol. The zero-order valence-corrected chi connectivity index (χ0v) is 13.7. The van der Waals surface area contributed by atoms with E-state index in [0.717, 1.165) is 5.69 Å². The molecule has 0 atom stereocenters. The van der Waals surface area contributed by atoms with Crippen molar-refractivity contribution in [1.29, 1.82) is 0 Å². The first-order valence-corrected chi connectivity index (χ1v) is 7.76. The van der Waals surface area contributed by atoms with Crippen LogP contribution >= 0.6 is 0 Å². The maximum absolute atomic E-state index is 12.2. The third-order valence-electron chi connectivity index (χ3n) is 3.55. The Morgan fingerprint density at radius 2 is 1.92 bits per heavy atom. The molecule has 0 radical (unpaired) electrons. The van der Waals surface area contributed by atoms with Crippen molar-refractivity contribution in [3.63, 3.8) is 0 Å². The third kappa shape index (κ3) is 4.32. The van der Waals surface area contributed by atoms with E-state index < -0.39 is 0 Å². The number of aromatic nitrogens is 1. The van der Waals surface area contributed by atoms with Crippen molar-refractivity contribution < 1.29 is 14.0 Å². The number of furan rings is 1. The van der Waals surface area contributed by atoms with Crippen LogP contribution in [-0.4, -0.2) is 16.7 Å². The van der Waals surface area contributed by atoms with E-state index in [-0.39, 0.29) is 11.7 Å². The second-order valence-corrected chi connectivity index (χ2v) is 5.45. The lowest BCUT2D eigenvalue weighted by atomic mass is 10.1. The summed E-state index contributed by atoms with van der Waals surface area (Å²) in [6.45, 7) is 1.82. The van der Waals surface area contributed by atoms with Gasteiger partial charge in [0, 0.05) is 23.1 Å². The fourth-order valence-corrected chi connectivity index (χ4v) is 2.29. The summed E-state index contributed by atoms with van der Waals surface area (Å²) in [5, 5.41) is 5.92. The summed E-state index contributed by atoms with van der Waals surface area (Å²) in [5.74, 6) is 0.373. The van der Waals surface area contributed by atoms with Gasteiger partial charge in [-0.2, -0.15) is 0 Å². The zero-order chi connectivity index (χ0) is 17.6. The molecule has 0 aliphatic rings. The predicted octanol–water partition coefficient (Wildman–Crippen LogP) is 3.55. The van der Waals surface area contributed by atoms with Crippen molar-refractivity contribution >= 4 is 23.1 Å². The topological polar surface area (TPSA) is 84.2 Å². The Morgan fingerprint density at radius 3 is 2.68 bits per heavy atom. The number of nitrogens with one attached hydrogen (secondary N) is 2. The first-order chi connectivity index (χ1) is 12.1. The number of hydrogen-bond acceptors (Lipinski definition) is 5. The van der Waals surface area contributed by atoms with Crippen molar-refractivity contribution in [2.75, 3.05) is 5.32 Å². The van der Waals surface area contributed by atoms with E-state index in [2.05, 4.69) is 15.6 Å². The molecule has 0 spiro atoms. The molecule has 0 saturated heterocycles. The van der Waals surface area contributed by atoms with E-state index in [4.69, 9.17) is 4.42 Å². The Kier molecular flexibility index (Phi) is 4.89. The van der Waals surface area contributed by atoms with E-state index in [1.54, 1.807) is 54.9 Å². The standard InChI is InChI=1S/C19H17N3O3/c1-13(23)14-4-2-5-15(10-14)22-16-7-8-20-18(11-16)19(24)21-12-17-6-3-9-25-17/h2-11H,12H2,1H3,(H,20,22)(H,21,24). The lowest BCUT2D eigenvalue weighted by Gasteiger charge is -2.09. The Bertz CT molecular complexity index is 888. The molecule has 1 aromatic carbocycles. The Morgan fingerprint density at radius 1 is 1.08 bits per heavy atom. The number of Topliss-reactive ketones (excluding diaryl/α,β-unsaturated/α-hetero) is 1. The molecule has 0 fully saturated rings. The van der Waals surface area contributed by atoms with Crippen LogP contribution < -0.4 is 10.6 Å². The lowest BCUT2D eigenvalue weighted by molar-refractivity contribution is 0.0942. The van der Waals surface area contributed by atoms with Crippen LogP contribution in [-0.2, 0) is 6.54 Å². The smallest absolute Gasteiger partial charge is 0.270 e. The predicted molar refractivity (Wildman–Crippen MR) is 93.8 cm³/mol. The number of rotatable bonds is 6. The number of pyridine rings is 1.